The lowest BCUT2D eigenvalue weighted by atomic mass is 9.98. The molecule has 0 aliphatic carbocycles. The van der Waals surface area contributed by atoms with Gasteiger partial charge in [-0.25, -0.2) is 4.98 Å². The van der Waals surface area contributed by atoms with Gasteiger partial charge < -0.3 is 15.6 Å². The molecule has 0 aliphatic rings. The molecule has 30 heavy (non-hydrogen) atoms. The number of imidazole rings is 1. The number of hydrogen-bond acceptors (Lipinski definition) is 4. The molecule has 0 saturated carbocycles. The van der Waals surface area contributed by atoms with Gasteiger partial charge >= 0.3 is 0 Å². The van der Waals surface area contributed by atoms with Gasteiger partial charge in [0.2, 0.25) is 11.8 Å². The number of fused-ring (bicyclic) bond motifs is 1. The molecule has 0 fully saturated rings. The van der Waals surface area contributed by atoms with Crippen LogP contribution in [0.25, 0.3) is 11.0 Å². The number of nitrogens with one attached hydrogen (secondary N) is 3. The van der Waals surface area contributed by atoms with E-state index in [0.29, 0.717) is 0 Å². The average molecular weight is 425 g/mol. The molecule has 3 aromatic rings. The Kier molecular flexibility index (Phi) is 7.52. The zero-order valence-electron chi connectivity index (χ0n) is 17.6. The fraction of sp³-hybridized carbons (Fsp3) is 0.348. The van der Waals surface area contributed by atoms with Gasteiger partial charge in [0.25, 0.3) is 0 Å². The largest absolute Gasteiger partial charge is 0.345 e. The summed E-state index contributed by atoms with van der Waals surface area (Å²) in [6, 6.07) is 15.3. The Bertz CT molecular complexity index is 967. The molecule has 0 saturated heterocycles. The van der Waals surface area contributed by atoms with Crippen LogP contribution in [0.5, 0.6) is 0 Å². The van der Waals surface area contributed by atoms with E-state index in [2.05, 4.69) is 34.4 Å². The van der Waals surface area contributed by atoms with Crippen molar-refractivity contribution in [3.05, 3.63) is 59.9 Å². The molecule has 158 valence electrons. The molecule has 6 nitrogen and oxygen atoms in total. The Morgan fingerprint density at radius 2 is 1.77 bits per heavy atom. The number of anilines is 1. The van der Waals surface area contributed by atoms with Crippen LogP contribution >= 0.6 is 11.8 Å². The molecule has 2 atom stereocenters. The molecule has 1 aromatic heterocycles. The van der Waals surface area contributed by atoms with Crippen molar-refractivity contribution in [3.63, 3.8) is 0 Å². The lowest BCUT2D eigenvalue weighted by Crippen LogP contribution is -2.34. The summed E-state index contributed by atoms with van der Waals surface area (Å²) in [5.74, 6) is 1.21. The van der Waals surface area contributed by atoms with Crippen LogP contribution in [-0.4, -0.2) is 33.3 Å². The number of aromatic nitrogens is 2. The van der Waals surface area contributed by atoms with Crippen LogP contribution in [0, 0.1) is 12.8 Å². The first-order valence-corrected chi connectivity index (χ1v) is 11.3. The third kappa shape index (κ3) is 5.86. The summed E-state index contributed by atoms with van der Waals surface area (Å²) in [4.78, 5) is 32.6. The van der Waals surface area contributed by atoms with Crippen LogP contribution in [0.15, 0.2) is 48.5 Å². The molecule has 0 radical (unpaired) electrons. The Morgan fingerprint density at radius 1 is 1.07 bits per heavy atom. The Hall–Kier alpha value is -2.80. The number of para-hydroxylation sites is 2. The van der Waals surface area contributed by atoms with E-state index in [9.17, 15) is 9.59 Å². The van der Waals surface area contributed by atoms with E-state index in [4.69, 9.17) is 0 Å². The summed E-state index contributed by atoms with van der Waals surface area (Å²) >= 11 is 1.30. The van der Waals surface area contributed by atoms with E-state index >= 15 is 0 Å². The zero-order valence-corrected chi connectivity index (χ0v) is 18.4. The summed E-state index contributed by atoms with van der Waals surface area (Å²) in [5, 5.41) is 5.93. The fourth-order valence-corrected chi connectivity index (χ4v) is 3.75. The highest BCUT2D eigenvalue weighted by Crippen LogP contribution is 2.24. The molecule has 0 bridgehead atoms. The average Bonchev–Trinajstić information content (AvgIpc) is 3.17. The number of carbonyl (C=O) groups is 2. The van der Waals surface area contributed by atoms with Gasteiger partial charge in [-0.2, -0.15) is 0 Å². The number of benzene rings is 2. The second kappa shape index (κ2) is 10.3. The van der Waals surface area contributed by atoms with Gasteiger partial charge in [-0.05, 0) is 37.1 Å². The Morgan fingerprint density at radius 3 is 2.47 bits per heavy atom. The van der Waals surface area contributed by atoms with Crippen molar-refractivity contribution in [2.45, 2.75) is 33.2 Å². The summed E-state index contributed by atoms with van der Waals surface area (Å²) in [6.07, 6.45) is 0.911. The van der Waals surface area contributed by atoms with E-state index in [1.165, 1.54) is 11.8 Å². The maximum absolute atomic E-state index is 12.5. The smallest absolute Gasteiger partial charge is 0.234 e. The number of hydrogen-bond donors (Lipinski definition) is 3. The van der Waals surface area contributed by atoms with E-state index in [-0.39, 0.29) is 35.3 Å². The minimum atomic E-state index is -0.197. The van der Waals surface area contributed by atoms with Gasteiger partial charge in [0.05, 0.1) is 28.6 Å². The van der Waals surface area contributed by atoms with Crippen LogP contribution in [0.2, 0.25) is 0 Å². The molecular formula is C23H28N4O2S. The predicted molar refractivity (Wildman–Crippen MR) is 124 cm³/mol. The first-order chi connectivity index (χ1) is 14.5. The molecule has 2 aromatic carbocycles. The standard InChI is InChI=1S/C23H28N4O2S/c1-4-16(3)22(23-25-18-7-5-6-8-19(18)26-23)27-21(29)14-30-13-20(28)24-17-11-9-15(2)10-12-17/h5-12,16,22H,4,13-14H2,1-3H3,(H,24,28)(H,25,26)(H,27,29)/t16-,22+/m1/s1. The SMILES string of the molecule is CC[C@@H](C)[C@H](NC(=O)CSCC(=O)Nc1ccc(C)cc1)c1nc2ccccc2[nH]1. The number of aryl methyl sites for hydroxylation is 1. The van der Waals surface area contributed by atoms with Crippen LogP contribution in [0.4, 0.5) is 5.69 Å². The predicted octanol–water partition coefficient (Wildman–Crippen LogP) is 4.45. The molecule has 1 heterocycles. The Labute approximate surface area is 181 Å². The molecule has 3 rings (SSSR count). The first kappa shape index (κ1) is 21.9. The number of rotatable bonds is 9. The normalized spacial score (nSPS) is 13.0. The van der Waals surface area contributed by atoms with Gasteiger partial charge in [0.15, 0.2) is 0 Å². The van der Waals surface area contributed by atoms with Crippen molar-refractivity contribution < 1.29 is 9.59 Å². The number of thioether (sulfide) groups is 1. The highest BCUT2D eigenvalue weighted by molar-refractivity contribution is 8.00. The fourth-order valence-electron chi connectivity index (χ4n) is 3.12. The molecule has 0 spiro atoms. The molecule has 7 heteroatoms. The summed E-state index contributed by atoms with van der Waals surface area (Å²) in [6.45, 7) is 6.19. The van der Waals surface area contributed by atoms with Crippen molar-refractivity contribution >= 4 is 40.3 Å². The number of aromatic amines is 1. The van der Waals surface area contributed by atoms with E-state index in [1.807, 2.05) is 55.5 Å². The number of carbonyl (C=O) groups excluding carboxylic acids is 2. The summed E-state index contributed by atoms with van der Waals surface area (Å²) in [5.41, 5.74) is 3.74. The second-order valence-electron chi connectivity index (χ2n) is 7.48. The number of amides is 2. The van der Waals surface area contributed by atoms with Gasteiger partial charge in [-0.15, -0.1) is 11.8 Å². The Balaban J connectivity index is 1.53. The van der Waals surface area contributed by atoms with Crippen LogP contribution in [0.3, 0.4) is 0 Å². The van der Waals surface area contributed by atoms with Crippen molar-refractivity contribution in [2.24, 2.45) is 5.92 Å². The molecule has 0 unspecified atom stereocenters. The monoisotopic (exact) mass is 424 g/mol. The first-order valence-electron chi connectivity index (χ1n) is 10.1. The van der Waals surface area contributed by atoms with Gasteiger partial charge in [0.1, 0.15) is 5.82 Å². The van der Waals surface area contributed by atoms with Crippen molar-refractivity contribution in [1.82, 2.24) is 15.3 Å². The quantitative estimate of drug-likeness (QED) is 0.474. The maximum atomic E-state index is 12.5. The van der Waals surface area contributed by atoms with Crippen LogP contribution in [-0.2, 0) is 9.59 Å². The van der Waals surface area contributed by atoms with Gasteiger partial charge in [0, 0.05) is 5.69 Å². The lowest BCUT2D eigenvalue weighted by molar-refractivity contribution is -0.119. The van der Waals surface area contributed by atoms with E-state index in [1.54, 1.807) is 0 Å². The third-order valence-corrected chi connectivity index (χ3v) is 5.97. The highest BCUT2D eigenvalue weighted by atomic mass is 32.2. The third-order valence-electron chi connectivity index (χ3n) is 5.03. The molecule has 3 N–H and O–H groups in total. The van der Waals surface area contributed by atoms with Gasteiger partial charge in [-0.1, -0.05) is 50.1 Å². The topological polar surface area (TPSA) is 86.9 Å². The molecular weight excluding hydrogens is 396 g/mol. The summed E-state index contributed by atoms with van der Waals surface area (Å²) < 4.78 is 0. The zero-order chi connectivity index (χ0) is 21.5. The second-order valence-corrected chi connectivity index (χ2v) is 8.46. The van der Waals surface area contributed by atoms with Crippen LogP contribution in [0.1, 0.15) is 37.7 Å². The molecule has 0 aliphatic heterocycles. The van der Waals surface area contributed by atoms with Gasteiger partial charge in [-0.3, -0.25) is 9.59 Å². The van der Waals surface area contributed by atoms with Crippen molar-refractivity contribution in [1.29, 1.82) is 0 Å². The van der Waals surface area contributed by atoms with Crippen LogP contribution < -0.4 is 10.6 Å². The van der Waals surface area contributed by atoms with E-state index < -0.39 is 0 Å². The van der Waals surface area contributed by atoms with Crippen molar-refractivity contribution in [3.8, 4) is 0 Å². The lowest BCUT2D eigenvalue weighted by Gasteiger charge is -2.22. The number of nitrogens with zero attached hydrogens (tertiary/aromatic N) is 1. The van der Waals surface area contributed by atoms with Crippen molar-refractivity contribution in [2.75, 3.05) is 16.8 Å². The highest BCUT2D eigenvalue weighted by Gasteiger charge is 2.23. The minimum absolute atomic E-state index is 0.103. The maximum Gasteiger partial charge on any atom is 0.234 e. The molecule has 2 amide bonds. The number of H-pyrrole nitrogens is 1. The van der Waals surface area contributed by atoms with E-state index in [0.717, 1.165) is 34.5 Å². The summed E-state index contributed by atoms with van der Waals surface area (Å²) in [7, 11) is 0. The minimum Gasteiger partial charge on any atom is -0.345 e.